The molecule has 0 aliphatic carbocycles. The van der Waals surface area contributed by atoms with E-state index in [4.69, 9.17) is 0 Å². The average molecular weight is 372 g/mol. The lowest BCUT2D eigenvalue weighted by molar-refractivity contribution is -0.123. The number of carbonyl (C=O) groups excluding carboxylic acids is 1. The zero-order chi connectivity index (χ0) is 17.7. The highest BCUT2D eigenvalue weighted by Gasteiger charge is 2.30. The van der Waals surface area contributed by atoms with E-state index in [1.54, 1.807) is 0 Å². The number of carbonyl (C=O) groups is 1. The highest BCUT2D eigenvalue weighted by Crippen LogP contribution is 2.22. The molecule has 25 heavy (non-hydrogen) atoms. The van der Waals surface area contributed by atoms with Gasteiger partial charge in [-0.1, -0.05) is 12.8 Å². The van der Waals surface area contributed by atoms with Crippen molar-refractivity contribution < 1.29 is 13.2 Å². The predicted octanol–water partition coefficient (Wildman–Crippen LogP) is 1.02. The van der Waals surface area contributed by atoms with Crippen molar-refractivity contribution in [2.45, 2.75) is 63.5 Å². The largest absolute Gasteiger partial charge is 0.352 e. The molecule has 0 aromatic carbocycles. The predicted molar refractivity (Wildman–Crippen MR) is 99.3 cm³/mol. The minimum absolute atomic E-state index is 0.170. The van der Waals surface area contributed by atoms with Crippen LogP contribution < -0.4 is 5.32 Å². The summed E-state index contributed by atoms with van der Waals surface area (Å²) in [5, 5.41) is 3.22. The molecule has 6 nitrogen and oxygen atoms in total. The van der Waals surface area contributed by atoms with E-state index in [2.05, 4.69) is 15.1 Å². The van der Waals surface area contributed by atoms with Gasteiger partial charge in [-0.05, 0) is 51.6 Å². The van der Waals surface area contributed by atoms with E-state index in [1.807, 2.05) is 0 Å². The zero-order valence-electron chi connectivity index (χ0n) is 15.3. The average Bonchev–Trinajstić information content (AvgIpc) is 2.84. The molecule has 0 atom stereocenters. The molecular weight excluding hydrogens is 338 g/mol. The molecule has 144 valence electrons. The molecule has 3 aliphatic heterocycles. The summed E-state index contributed by atoms with van der Waals surface area (Å²) in [6.07, 6.45) is 8.51. The summed E-state index contributed by atoms with van der Waals surface area (Å²) in [7, 11) is -2.79. The van der Waals surface area contributed by atoms with Crippen LogP contribution in [0.2, 0.25) is 0 Å². The van der Waals surface area contributed by atoms with Gasteiger partial charge in [-0.2, -0.15) is 0 Å². The van der Waals surface area contributed by atoms with E-state index in [9.17, 15) is 13.2 Å². The van der Waals surface area contributed by atoms with E-state index in [0.29, 0.717) is 24.1 Å². The summed E-state index contributed by atoms with van der Waals surface area (Å²) in [6, 6.07) is 0.695. The van der Waals surface area contributed by atoms with E-state index in [-0.39, 0.29) is 11.9 Å². The molecule has 0 bridgehead atoms. The second-order valence-corrected chi connectivity index (χ2v) is 10.3. The van der Waals surface area contributed by atoms with Gasteiger partial charge in [0.2, 0.25) is 5.91 Å². The third-order valence-electron chi connectivity index (χ3n) is 6.00. The highest BCUT2D eigenvalue weighted by atomic mass is 32.2. The van der Waals surface area contributed by atoms with Crippen molar-refractivity contribution in [1.82, 2.24) is 15.1 Å². The number of nitrogens with one attached hydrogen (secondary N) is 1. The lowest BCUT2D eigenvalue weighted by atomic mass is 10.0. The molecule has 3 aliphatic rings. The Hall–Kier alpha value is -0.660. The third kappa shape index (κ3) is 5.93. The number of rotatable bonds is 4. The third-order valence-corrected chi connectivity index (χ3v) is 7.72. The number of hydrogen-bond donors (Lipinski definition) is 1. The van der Waals surface area contributed by atoms with E-state index in [1.165, 1.54) is 25.7 Å². The second kappa shape index (κ2) is 8.82. The van der Waals surface area contributed by atoms with Crippen molar-refractivity contribution in [2.75, 3.05) is 44.2 Å². The fourth-order valence-corrected chi connectivity index (χ4v) is 5.89. The summed E-state index contributed by atoms with van der Waals surface area (Å²) in [4.78, 5) is 17.0. The first-order valence-corrected chi connectivity index (χ1v) is 11.8. The number of sulfone groups is 1. The Morgan fingerprint density at radius 1 is 0.880 bits per heavy atom. The molecule has 3 rings (SSSR count). The fraction of sp³-hybridized carbons (Fsp3) is 0.944. The SMILES string of the molecule is O=C(CN1CCCCCC1)NC1CCN(C2CCS(=O)(=O)CC2)CC1. The van der Waals surface area contributed by atoms with Gasteiger partial charge in [-0.15, -0.1) is 0 Å². The van der Waals surface area contributed by atoms with Crippen molar-refractivity contribution in [3.8, 4) is 0 Å². The molecule has 1 N–H and O–H groups in total. The van der Waals surface area contributed by atoms with Crippen LogP contribution in [0.4, 0.5) is 0 Å². The number of nitrogens with zero attached hydrogens (tertiary/aromatic N) is 2. The maximum Gasteiger partial charge on any atom is 0.234 e. The summed E-state index contributed by atoms with van der Waals surface area (Å²) in [6.45, 7) is 4.59. The second-order valence-electron chi connectivity index (χ2n) is 7.95. The number of likely N-dealkylation sites (tertiary alicyclic amines) is 2. The summed E-state index contributed by atoms with van der Waals surface area (Å²) in [5.41, 5.74) is 0. The Kier molecular flexibility index (Phi) is 6.74. The maximum absolute atomic E-state index is 12.3. The first kappa shape index (κ1) is 19.1. The molecule has 3 heterocycles. The summed E-state index contributed by atoms with van der Waals surface area (Å²) < 4.78 is 23.1. The Labute approximate surface area is 152 Å². The van der Waals surface area contributed by atoms with Gasteiger partial charge in [0, 0.05) is 25.2 Å². The van der Waals surface area contributed by atoms with E-state index >= 15 is 0 Å². The van der Waals surface area contributed by atoms with Gasteiger partial charge >= 0.3 is 0 Å². The molecule has 0 aromatic heterocycles. The van der Waals surface area contributed by atoms with Crippen LogP contribution in [-0.4, -0.2) is 80.4 Å². The first-order chi connectivity index (χ1) is 12.0. The monoisotopic (exact) mass is 371 g/mol. The summed E-state index contributed by atoms with van der Waals surface area (Å²) >= 11 is 0. The van der Waals surface area contributed by atoms with Gasteiger partial charge < -0.3 is 10.2 Å². The lowest BCUT2D eigenvalue weighted by Crippen LogP contribution is -2.51. The molecule has 0 saturated carbocycles. The molecule has 1 amide bonds. The minimum Gasteiger partial charge on any atom is -0.352 e. The van der Waals surface area contributed by atoms with E-state index in [0.717, 1.165) is 51.9 Å². The van der Waals surface area contributed by atoms with Crippen LogP contribution in [-0.2, 0) is 14.6 Å². The molecular formula is C18H33N3O3S. The Morgan fingerprint density at radius 2 is 1.48 bits per heavy atom. The van der Waals surface area contributed by atoms with Crippen LogP contribution in [0.15, 0.2) is 0 Å². The molecule has 0 spiro atoms. The van der Waals surface area contributed by atoms with Crippen LogP contribution in [0.3, 0.4) is 0 Å². The molecule has 7 heteroatoms. The van der Waals surface area contributed by atoms with Crippen molar-refractivity contribution in [2.24, 2.45) is 0 Å². The van der Waals surface area contributed by atoms with Gasteiger partial charge in [0.25, 0.3) is 0 Å². The number of hydrogen-bond acceptors (Lipinski definition) is 5. The summed E-state index contributed by atoms with van der Waals surface area (Å²) in [5.74, 6) is 0.845. The quantitative estimate of drug-likeness (QED) is 0.799. The van der Waals surface area contributed by atoms with Crippen molar-refractivity contribution in [3.63, 3.8) is 0 Å². The van der Waals surface area contributed by atoms with Crippen LogP contribution in [0.5, 0.6) is 0 Å². The van der Waals surface area contributed by atoms with Crippen LogP contribution in [0.1, 0.15) is 51.4 Å². The Balaban J connectivity index is 1.36. The zero-order valence-corrected chi connectivity index (χ0v) is 16.1. The van der Waals surface area contributed by atoms with Crippen LogP contribution in [0, 0.1) is 0 Å². The first-order valence-electron chi connectivity index (χ1n) is 9.98. The molecule has 0 unspecified atom stereocenters. The number of piperidine rings is 1. The van der Waals surface area contributed by atoms with Crippen molar-refractivity contribution in [1.29, 1.82) is 0 Å². The van der Waals surface area contributed by atoms with Crippen LogP contribution in [0.25, 0.3) is 0 Å². The standard InChI is InChI=1S/C18H33N3O3S/c22-18(15-20-9-3-1-2-4-10-20)19-16-5-11-21(12-6-16)17-7-13-25(23,24)14-8-17/h16-17H,1-15H2,(H,19,22). The normalized spacial score (nSPS) is 27.7. The smallest absolute Gasteiger partial charge is 0.234 e. The molecule has 3 fully saturated rings. The minimum atomic E-state index is -2.79. The van der Waals surface area contributed by atoms with Crippen molar-refractivity contribution in [3.05, 3.63) is 0 Å². The molecule has 3 saturated heterocycles. The van der Waals surface area contributed by atoms with Gasteiger partial charge in [0.05, 0.1) is 18.1 Å². The molecule has 0 aromatic rings. The Bertz CT molecular complexity index is 522. The lowest BCUT2D eigenvalue weighted by Gasteiger charge is -2.39. The van der Waals surface area contributed by atoms with Gasteiger partial charge in [-0.3, -0.25) is 9.69 Å². The van der Waals surface area contributed by atoms with Gasteiger partial charge in [0.1, 0.15) is 9.84 Å². The number of amides is 1. The van der Waals surface area contributed by atoms with E-state index < -0.39 is 9.84 Å². The fourth-order valence-electron chi connectivity index (χ4n) is 4.42. The topological polar surface area (TPSA) is 69.7 Å². The van der Waals surface area contributed by atoms with Crippen molar-refractivity contribution >= 4 is 15.7 Å². The van der Waals surface area contributed by atoms with Crippen LogP contribution >= 0.6 is 0 Å². The van der Waals surface area contributed by atoms with Gasteiger partial charge in [-0.25, -0.2) is 8.42 Å². The molecule has 0 radical (unpaired) electrons. The maximum atomic E-state index is 12.3. The van der Waals surface area contributed by atoms with Gasteiger partial charge in [0.15, 0.2) is 0 Å². The Morgan fingerprint density at radius 3 is 2.08 bits per heavy atom. The highest BCUT2D eigenvalue weighted by molar-refractivity contribution is 7.91.